The first-order valence-corrected chi connectivity index (χ1v) is 8.68. The Hall–Kier alpha value is -2.17. The molecule has 1 atom stereocenters. The van der Waals surface area contributed by atoms with Crippen molar-refractivity contribution in [2.75, 3.05) is 19.7 Å². The van der Waals surface area contributed by atoms with Gasteiger partial charge in [0.05, 0.1) is 11.0 Å². The van der Waals surface area contributed by atoms with Crippen LogP contribution in [0.4, 0.5) is 0 Å². The summed E-state index contributed by atoms with van der Waals surface area (Å²) in [7, 11) is 0. The molecule has 2 aromatic carbocycles. The van der Waals surface area contributed by atoms with Crippen molar-refractivity contribution in [2.45, 2.75) is 19.4 Å². The van der Waals surface area contributed by atoms with Crippen molar-refractivity contribution in [3.05, 3.63) is 60.4 Å². The fourth-order valence-corrected chi connectivity index (χ4v) is 3.63. The van der Waals surface area contributed by atoms with Gasteiger partial charge in [0.15, 0.2) is 0 Å². The Bertz CT molecular complexity index is 809. The van der Waals surface area contributed by atoms with Crippen LogP contribution < -0.4 is 0 Å². The largest absolute Gasteiger partial charge is 0.396 e. The lowest BCUT2D eigenvalue weighted by atomic mass is 9.98. The Balaban J connectivity index is 1.50. The maximum atomic E-state index is 9.37. The van der Waals surface area contributed by atoms with E-state index in [1.165, 1.54) is 12.0 Å². The van der Waals surface area contributed by atoms with Crippen LogP contribution in [0.25, 0.3) is 16.7 Å². The van der Waals surface area contributed by atoms with E-state index in [-0.39, 0.29) is 0 Å². The number of aliphatic hydroxyl groups is 1. The van der Waals surface area contributed by atoms with Gasteiger partial charge in [-0.1, -0.05) is 24.3 Å². The quantitative estimate of drug-likeness (QED) is 0.802. The van der Waals surface area contributed by atoms with Gasteiger partial charge in [-0.25, -0.2) is 4.98 Å². The number of likely N-dealkylation sites (tertiary alicyclic amines) is 1. The normalized spacial score (nSPS) is 19.0. The number of benzene rings is 2. The van der Waals surface area contributed by atoms with Gasteiger partial charge in [0.1, 0.15) is 6.33 Å². The highest BCUT2D eigenvalue weighted by Crippen LogP contribution is 2.21. The average Bonchev–Trinajstić information content (AvgIpc) is 3.07. The summed E-state index contributed by atoms with van der Waals surface area (Å²) >= 11 is 0. The third kappa shape index (κ3) is 3.07. The van der Waals surface area contributed by atoms with Crippen LogP contribution in [-0.2, 0) is 6.54 Å². The summed E-state index contributed by atoms with van der Waals surface area (Å²) < 4.78 is 2.13. The lowest BCUT2D eigenvalue weighted by Gasteiger charge is -2.31. The molecule has 24 heavy (non-hydrogen) atoms. The van der Waals surface area contributed by atoms with E-state index in [1.54, 1.807) is 0 Å². The van der Waals surface area contributed by atoms with E-state index in [9.17, 15) is 5.11 Å². The van der Waals surface area contributed by atoms with Crippen molar-refractivity contribution < 1.29 is 5.11 Å². The molecule has 2 heterocycles. The van der Waals surface area contributed by atoms with Gasteiger partial charge >= 0.3 is 0 Å². The van der Waals surface area contributed by atoms with Crippen LogP contribution in [0.1, 0.15) is 18.4 Å². The van der Waals surface area contributed by atoms with E-state index in [4.69, 9.17) is 0 Å². The standard InChI is InChI=1S/C20H23N3O/c24-14-17-4-3-11-22(13-17)12-16-7-9-18(10-8-16)23-15-21-19-5-1-2-6-20(19)23/h1-2,5-10,15,17,24H,3-4,11-14H2. The van der Waals surface area contributed by atoms with Crippen molar-refractivity contribution in [3.8, 4) is 5.69 Å². The minimum atomic E-state index is 0.309. The Kier molecular flexibility index (Phi) is 4.32. The molecule has 1 fully saturated rings. The van der Waals surface area contributed by atoms with Crippen molar-refractivity contribution >= 4 is 11.0 Å². The molecule has 1 aliphatic rings. The van der Waals surface area contributed by atoms with Crippen molar-refractivity contribution in [1.29, 1.82) is 0 Å². The number of piperidine rings is 1. The highest BCUT2D eigenvalue weighted by molar-refractivity contribution is 5.77. The fourth-order valence-electron chi connectivity index (χ4n) is 3.63. The summed E-state index contributed by atoms with van der Waals surface area (Å²) in [6.45, 7) is 3.40. The van der Waals surface area contributed by atoms with Gasteiger partial charge in [-0.05, 0) is 55.1 Å². The number of aliphatic hydroxyl groups excluding tert-OH is 1. The topological polar surface area (TPSA) is 41.3 Å². The van der Waals surface area contributed by atoms with Crippen molar-refractivity contribution in [2.24, 2.45) is 5.92 Å². The van der Waals surface area contributed by atoms with E-state index in [2.05, 4.69) is 44.8 Å². The van der Waals surface area contributed by atoms with Crippen molar-refractivity contribution in [3.63, 3.8) is 0 Å². The molecule has 0 saturated carbocycles. The Labute approximate surface area is 142 Å². The van der Waals surface area contributed by atoms with E-state index in [0.29, 0.717) is 12.5 Å². The lowest BCUT2D eigenvalue weighted by molar-refractivity contribution is 0.116. The molecule has 1 N–H and O–H groups in total. The van der Waals surface area contributed by atoms with Crippen LogP contribution in [0.2, 0.25) is 0 Å². The molecule has 1 unspecified atom stereocenters. The molecule has 0 spiro atoms. The summed E-state index contributed by atoms with van der Waals surface area (Å²) in [6, 6.07) is 16.9. The summed E-state index contributed by atoms with van der Waals surface area (Å²) in [4.78, 5) is 6.91. The maximum absolute atomic E-state index is 9.37. The summed E-state index contributed by atoms with van der Waals surface area (Å²) in [5, 5.41) is 9.37. The minimum absolute atomic E-state index is 0.309. The molecule has 0 aliphatic carbocycles. The van der Waals surface area contributed by atoms with E-state index in [1.807, 2.05) is 24.5 Å². The second kappa shape index (κ2) is 6.75. The van der Waals surface area contributed by atoms with Crippen LogP contribution in [-0.4, -0.2) is 39.3 Å². The number of nitrogens with zero attached hydrogens (tertiary/aromatic N) is 3. The molecule has 0 radical (unpaired) electrons. The number of hydrogen-bond donors (Lipinski definition) is 1. The van der Waals surface area contributed by atoms with Gasteiger partial charge in [-0.15, -0.1) is 0 Å². The van der Waals surface area contributed by atoms with Gasteiger partial charge in [-0.3, -0.25) is 9.47 Å². The van der Waals surface area contributed by atoms with Crippen LogP contribution >= 0.6 is 0 Å². The van der Waals surface area contributed by atoms with E-state index >= 15 is 0 Å². The summed E-state index contributed by atoms with van der Waals surface area (Å²) in [5.74, 6) is 0.440. The molecule has 1 aromatic heterocycles. The predicted molar refractivity (Wildman–Crippen MR) is 96.2 cm³/mol. The molecular weight excluding hydrogens is 298 g/mol. The highest BCUT2D eigenvalue weighted by Gasteiger charge is 2.19. The van der Waals surface area contributed by atoms with Gasteiger partial charge < -0.3 is 5.11 Å². The number of para-hydroxylation sites is 2. The van der Waals surface area contributed by atoms with Crippen LogP contribution in [0.3, 0.4) is 0 Å². The third-order valence-corrected chi connectivity index (χ3v) is 4.94. The summed E-state index contributed by atoms with van der Waals surface area (Å²) in [6.07, 6.45) is 4.22. The second-order valence-electron chi connectivity index (χ2n) is 6.70. The second-order valence-corrected chi connectivity index (χ2v) is 6.70. The van der Waals surface area contributed by atoms with Crippen molar-refractivity contribution in [1.82, 2.24) is 14.5 Å². The SMILES string of the molecule is OCC1CCCN(Cc2ccc(-n3cnc4ccccc43)cc2)C1. The first-order valence-electron chi connectivity index (χ1n) is 8.68. The summed E-state index contributed by atoms with van der Waals surface area (Å²) in [5.41, 5.74) is 4.61. The monoisotopic (exact) mass is 321 g/mol. The number of hydrogen-bond acceptors (Lipinski definition) is 3. The first kappa shape index (κ1) is 15.4. The van der Waals surface area contributed by atoms with Gasteiger partial charge in [0.2, 0.25) is 0 Å². The molecule has 1 aliphatic heterocycles. The molecule has 4 heteroatoms. The van der Waals surface area contributed by atoms with E-state index in [0.717, 1.165) is 42.8 Å². The van der Waals surface area contributed by atoms with Crippen LogP contribution in [0, 0.1) is 5.92 Å². The zero-order valence-electron chi connectivity index (χ0n) is 13.8. The van der Waals surface area contributed by atoms with Gasteiger partial charge in [-0.2, -0.15) is 0 Å². The first-order chi connectivity index (χ1) is 11.8. The molecule has 1 saturated heterocycles. The van der Waals surface area contributed by atoms with Gasteiger partial charge in [0.25, 0.3) is 0 Å². The smallest absolute Gasteiger partial charge is 0.100 e. The number of fused-ring (bicyclic) bond motifs is 1. The van der Waals surface area contributed by atoms with Gasteiger partial charge in [0, 0.05) is 25.4 Å². The van der Waals surface area contributed by atoms with Crippen LogP contribution in [0.5, 0.6) is 0 Å². The Morgan fingerprint density at radius 3 is 2.75 bits per heavy atom. The zero-order chi connectivity index (χ0) is 16.4. The molecule has 4 nitrogen and oxygen atoms in total. The van der Waals surface area contributed by atoms with E-state index < -0.39 is 0 Å². The zero-order valence-corrected chi connectivity index (χ0v) is 13.8. The molecule has 124 valence electrons. The maximum Gasteiger partial charge on any atom is 0.100 e. The Morgan fingerprint density at radius 1 is 1.08 bits per heavy atom. The fraction of sp³-hybridized carbons (Fsp3) is 0.350. The minimum Gasteiger partial charge on any atom is -0.396 e. The third-order valence-electron chi connectivity index (χ3n) is 4.94. The highest BCUT2D eigenvalue weighted by atomic mass is 16.3. The van der Waals surface area contributed by atoms with Crippen LogP contribution in [0.15, 0.2) is 54.9 Å². The molecule has 0 bridgehead atoms. The number of aromatic nitrogens is 2. The lowest BCUT2D eigenvalue weighted by Crippen LogP contribution is -2.36. The molecule has 0 amide bonds. The molecule has 3 aromatic rings. The molecule has 4 rings (SSSR count). The Morgan fingerprint density at radius 2 is 1.92 bits per heavy atom. The average molecular weight is 321 g/mol. The predicted octanol–water partition coefficient (Wildman–Crippen LogP) is 3.23. The molecular formula is C20H23N3O. The number of rotatable bonds is 4. The number of imidazole rings is 1.